The molecule has 2 aromatic rings. The molecule has 0 radical (unpaired) electrons. The summed E-state index contributed by atoms with van der Waals surface area (Å²) >= 11 is 0. The molecule has 1 aromatic heterocycles. The van der Waals surface area contributed by atoms with Crippen LogP contribution in [0.15, 0.2) is 30.5 Å². The standard InChI is InChI=1S/C16H17F2N5O2/c17-12-2-1-3-13(18)14(12)22-16(24)20-10-11-4-5-19-15(21-11)23-6-8-25-9-7-23/h1-5H,6-10H2,(H2,20,22,24). The summed E-state index contributed by atoms with van der Waals surface area (Å²) in [6.45, 7) is 2.72. The summed E-state index contributed by atoms with van der Waals surface area (Å²) in [6, 6.07) is 4.29. The molecule has 3 rings (SSSR count). The Kier molecular flexibility index (Phi) is 5.34. The summed E-state index contributed by atoms with van der Waals surface area (Å²) in [5.41, 5.74) is 0.0948. The van der Waals surface area contributed by atoms with E-state index in [1.807, 2.05) is 4.90 Å². The SMILES string of the molecule is O=C(NCc1ccnc(N2CCOCC2)n1)Nc1c(F)cccc1F. The van der Waals surface area contributed by atoms with Gasteiger partial charge in [-0.05, 0) is 18.2 Å². The molecule has 9 heteroatoms. The summed E-state index contributed by atoms with van der Waals surface area (Å²) in [6.07, 6.45) is 1.60. The highest BCUT2D eigenvalue weighted by Crippen LogP contribution is 2.17. The highest BCUT2D eigenvalue weighted by Gasteiger charge is 2.15. The molecular formula is C16H17F2N5O2. The third kappa shape index (κ3) is 4.38. The van der Waals surface area contributed by atoms with Crippen molar-refractivity contribution in [2.24, 2.45) is 0 Å². The summed E-state index contributed by atoms with van der Waals surface area (Å²) in [5.74, 6) is -1.12. The van der Waals surface area contributed by atoms with Crippen molar-refractivity contribution in [1.29, 1.82) is 0 Å². The summed E-state index contributed by atoms with van der Waals surface area (Å²) in [4.78, 5) is 22.4. The van der Waals surface area contributed by atoms with E-state index in [9.17, 15) is 13.6 Å². The van der Waals surface area contributed by atoms with Crippen LogP contribution in [-0.2, 0) is 11.3 Å². The molecule has 1 aromatic carbocycles. The second kappa shape index (κ2) is 7.84. The Labute approximate surface area is 143 Å². The van der Waals surface area contributed by atoms with Gasteiger partial charge in [-0.25, -0.2) is 23.5 Å². The molecule has 7 nitrogen and oxygen atoms in total. The van der Waals surface area contributed by atoms with E-state index in [2.05, 4.69) is 20.6 Å². The zero-order chi connectivity index (χ0) is 17.6. The third-order valence-corrected chi connectivity index (χ3v) is 3.63. The molecule has 2 amide bonds. The minimum absolute atomic E-state index is 0.0990. The number of carbonyl (C=O) groups is 1. The molecule has 1 aliphatic rings. The number of para-hydroxylation sites is 1. The van der Waals surface area contributed by atoms with Crippen LogP contribution in [0.4, 0.5) is 25.2 Å². The van der Waals surface area contributed by atoms with E-state index in [-0.39, 0.29) is 6.54 Å². The Morgan fingerprint density at radius 2 is 1.92 bits per heavy atom. The molecule has 0 aliphatic carbocycles. The fourth-order valence-electron chi connectivity index (χ4n) is 2.34. The zero-order valence-corrected chi connectivity index (χ0v) is 13.3. The minimum Gasteiger partial charge on any atom is -0.378 e. The summed E-state index contributed by atoms with van der Waals surface area (Å²) < 4.78 is 32.3. The first-order chi connectivity index (χ1) is 12.1. The average molecular weight is 349 g/mol. The summed E-state index contributed by atoms with van der Waals surface area (Å²) in [5, 5.41) is 4.67. The van der Waals surface area contributed by atoms with Gasteiger partial charge in [0.25, 0.3) is 0 Å². The Hall–Kier alpha value is -2.81. The lowest BCUT2D eigenvalue weighted by Gasteiger charge is -2.26. The maximum Gasteiger partial charge on any atom is 0.319 e. The minimum atomic E-state index is -0.841. The van der Waals surface area contributed by atoms with Gasteiger partial charge >= 0.3 is 6.03 Å². The van der Waals surface area contributed by atoms with E-state index >= 15 is 0 Å². The molecule has 0 spiro atoms. The first kappa shape index (κ1) is 17.0. The predicted octanol–water partition coefficient (Wildman–Crippen LogP) is 1.91. The van der Waals surface area contributed by atoms with Crippen LogP contribution in [0.5, 0.6) is 0 Å². The number of aromatic nitrogens is 2. The molecule has 132 valence electrons. The number of hydrogen-bond donors (Lipinski definition) is 2. The van der Waals surface area contributed by atoms with Crippen LogP contribution in [-0.4, -0.2) is 42.3 Å². The maximum atomic E-state index is 13.5. The lowest BCUT2D eigenvalue weighted by molar-refractivity contribution is 0.122. The van der Waals surface area contributed by atoms with Crippen LogP contribution < -0.4 is 15.5 Å². The molecule has 2 N–H and O–H groups in total. The Balaban J connectivity index is 1.58. The first-order valence-electron chi connectivity index (χ1n) is 7.77. The molecule has 1 aliphatic heterocycles. The van der Waals surface area contributed by atoms with Crippen LogP contribution in [0.25, 0.3) is 0 Å². The number of morpholine rings is 1. The van der Waals surface area contributed by atoms with E-state index < -0.39 is 23.4 Å². The van der Waals surface area contributed by atoms with Crippen molar-refractivity contribution in [2.45, 2.75) is 6.54 Å². The molecule has 1 saturated heterocycles. The number of halogens is 2. The summed E-state index contributed by atoms with van der Waals surface area (Å²) in [7, 11) is 0. The molecular weight excluding hydrogens is 332 g/mol. The number of hydrogen-bond acceptors (Lipinski definition) is 5. The first-order valence-corrected chi connectivity index (χ1v) is 7.77. The Bertz CT molecular complexity index is 733. The van der Waals surface area contributed by atoms with Crippen LogP contribution in [0.2, 0.25) is 0 Å². The number of nitrogens with zero attached hydrogens (tertiary/aromatic N) is 3. The van der Waals surface area contributed by atoms with Crippen molar-refractivity contribution in [2.75, 3.05) is 36.5 Å². The van der Waals surface area contributed by atoms with E-state index in [1.165, 1.54) is 6.07 Å². The third-order valence-electron chi connectivity index (χ3n) is 3.63. The monoisotopic (exact) mass is 349 g/mol. The van der Waals surface area contributed by atoms with Crippen LogP contribution in [0, 0.1) is 11.6 Å². The van der Waals surface area contributed by atoms with Gasteiger partial charge in [0.15, 0.2) is 0 Å². The normalized spacial score (nSPS) is 14.2. The van der Waals surface area contributed by atoms with Crippen molar-refractivity contribution < 1.29 is 18.3 Å². The van der Waals surface area contributed by atoms with Gasteiger partial charge in [0.05, 0.1) is 25.5 Å². The van der Waals surface area contributed by atoms with Crippen LogP contribution >= 0.6 is 0 Å². The second-order valence-electron chi connectivity index (χ2n) is 5.35. The number of rotatable bonds is 4. The van der Waals surface area contributed by atoms with Gasteiger partial charge in [0.2, 0.25) is 5.95 Å². The quantitative estimate of drug-likeness (QED) is 0.882. The topological polar surface area (TPSA) is 79.4 Å². The van der Waals surface area contributed by atoms with Gasteiger partial charge < -0.3 is 20.3 Å². The van der Waals surface area contributed by atoms with E-state index in [1.54, 1.807) is 12.3 Å². The maximum absolute atomic E-state index is 13.5. The number of amides is 2. The molecule has 0 unspecified atom stereocenters. The fraction of sp³-hybridized carbons (Fsp3) is 0.312. The fourth-order valence-corrected chi connectivity index (χ4v) is 2.34. The number of nitrogens with one attached hydrogen (secondary N) is 2. The van der Waals surface area contributed by atoms with Crippen molar-refractivity contribution in [1.82, 2.24) is 15.3 Å². The van der Waals surface area contributed by atoms with Crippen molar-refractivity contribution in [3.8, 4) is 0 Å². The number of carbonyl (C=O) groups excluding carboxylic acids is 1. The van der Waals surface area contributed by atoms with Crippen LogP contribution in [0.3, 0.4) is 0 Å². The molecule has 0 bridgehead atoms. The molecule has 1 fully saturated rings. The van der Waals surface area contributed by atoms with Gasteiger partial charge in [-0.3, -0.25) is 0 Å². The van der Waals surface area contributed by atoms with Crippen molar-refractivity contribution in [3.05, 3.63) is 47.8 Å². The number of ether oxygens (including phenoxy) is 1. The lowest BCUT2D eigenvalue weighted by atomic mass is 10.3. The Morgan fingerprint density at radius 1 is 1.20 bits per heavy atom. The Morgan fingerprint density at radius 3 is 2.64 bits per heavy atom. The predicted molar refractivity (Wildman–Crippen MR) is 87.3 cm³/mol. The largest absolute Gasteiger partial charge is 0.378 e. The lowest BCUT2D eigenvalue weighted by Crippen LogP contribution is -2.37. The molecule has 0 saturated carbocycles. The van der Waals surface area contributed by atoms with E-state index in [4.69, 9.17) is 4.74 Å². The van der Waals surface area contributed by atoms with Gasteiger partial charge in [-0.2, -0.15) is 0 Å². The number of benzene rings is 1. The van der Waals surface area contributed by atoms with Crippen molar-refractivity contribution >= 4 is 17.7 Å². The second-order valence-corrected chi connectivity index (χ2v) is 5.35. The van der Waals surface area contributed by atoms with Gasteiger partial charge in [-0.15, -0.1) is 0 Å². The van der Waals surface area contributed by atoms with Gasteiger partial charge in [-0.1, -0.05) is 6.07 Å². The molecule has 0 atom stereocenters. The van der Waals surface area contributed by atoms with E-state index in [0.717, 1.165) is 12.1 Å². The number of urea groups is 1. The van der Waals surface area contributed by atoms with Gasteiger partial charge in [0.1, 0.15) is 17.3 Å². The highest BCUT2D eigenvalue weighted by molar-refractivity contribution is 5.89. The van der Waals surface area contributed by atoms with Crippen molar-refractivity contribution in [3.63, 3.8) is 0 Å². The number of anilines is 2. The molecule has 2 heterocycles. The smallest absolute Gasteiger partial charge is 0.319 e. The van der Waals surface area contributed by atoms with E-state index in [0.29, 0.717) is 37.9 Å². The average Bonchev–Trinajstić information content (AvgIpc) is 2.64. The van der Waals surface area contributed by atoms with Gasteiger partial charge in [0, 0.05) is 19.3 Å². The zero-order valence-electron chi connectivity index (χ0n) is 13.3. The van der Waals surface area contributed by atoms with Crippen LogP contribution in [0.1, 0.15) is 5.69 Å². The molecule has 25 heavy (non-hydrogen) atoms. The highest BCUT2D eigenvalue weighted by atomic mass is 19.1.